The van der Waals surface area contributed by atoms with Gasteiger partial charge in [0, 0.05) is 26.2 Å². The Balaban J connectivity index is 2.22. The predicted molar refractivity (Wildman–Crippen MR) is 60.3 cm³/mol. The monoisotopic (exact) mass is 252 g/mol. The average molecular weight is 252 g/mol. The van der Waals surface area contributed by atoms with E-state index in [0.29, 0.717) is 32.8 Å². The van der Waals surface area contributed by atoms with Crippen LogP contribution in [0.4, 0.5) is 0 Å². The van der Waals surface area contributed by atoms with E-state index in [1.165, 1.54) is 4.31 Å². The molecule has 0 aliphatic carbocycles. The average Bonchev–Trinajstić information content (AvgIpc) is 2.30. The van der Waals surface area contributed by atoms with E-state index in [0.717, 1.165) is 19.3 Å². The van der Waals surface area contributed by atoms with Crippen molar-refractivity contribution in [2.45, 2.75) is 19.3 Å². The van der Waals surface area contributed by atoms with Gasteiger partial charge in [0.25, 0.3) is 10.2 Å². The molecule has 1 aliphatic heterocycles. The van der Waals surface area contributed by atoms with Crippen LogP contribution < -0.4 is 4.72 Å². The second-order valence-electron chi connectivity index (χ2n) is 3.70. The van der Waals surface area contributed by atoms with Gasteiger partial charge in [-0.2, -0.15) is 12.7 Å². The van der Waals surface area contributed by atoms with Gasteiger partial charge in [0.1, 0.15) is 0 Å². The lowest BCUT2D eigenvalue weighted by molar-refractivity contribution is 0.0725. The summed E-state index contributed by atoms with van der Waals surface area (Å²) in [6.07, 6.45) is 2.31. The number of nitrogens with one attached hydrogen (secondary N) is 1. The third-order valence-electron chi connectivity index (χ3n) is 2.43. The van der Waals surface area contributed by atoms with Crippen molar-refractivity contribution in [3.63, 3.8) is 0 Å². The third-order valence-corrected chi connectivity index (χ3v) is 4.04. The second kappa shape index (κ2) is 7.18. The first-order valence-corrected chi connectivity index (χ1v) is 7.04. The molecule has 96 valence electrons. The lowest BCUT2D eigenvalue weighted by atomic mass is 10.2. The number of hydrogen-bond acceptors (Lipinski definition) is 4. The van der Waals surface area contributed by atoms with Crippen LogP contribution >= 0.6 is 0 Å². The maximum absolute atomic E-state index is 11.7. The van der Waals surface area contributed by atoms with Crippen LogP contribution in [0, 0.1) is 0 Å². The topological polar surface area (TPSA) is 78.9 Å². The van der Waals surface area contributed by atoms with Crippen LogP contribution in [-0.4, -0.2) is 57.3 Å². The van der Waals surface area contributed by atoms with Crippen LogP contribution in [0.25, 0.3) is 0 Å². The van der Waals surface area contributed by atoms with Gasteiger partial charge in [-0.05, 0) is 19.3 Å². The molecule has 1 heterocycles. The maximum Gasteiger partial charge on any atom is 0.279 e. The highest BCUT2D eigenvalue weighted by Crippen LogP contribution is 2.03. The number of nitrogens with zero attached hydrogens (tertiary/aromatic N) is 1. The summed E-state index contributed by atoms with van der Waals surface area (Å²) < 4.78 is 32.5. The third kappa shape index (κ3) is 4.75. The minimum absolute atomic E-state index is 0.163. The van der Waals surface area contributed by atoms with E-state index in [2.05, 4.69) is 4.72 Å². The smallest absolute Gasteiger partial charge is 0.279 e. The molecule has 6 nitrogen and oxygen atoms in total. The highest BCUT2D eigenvalue weighted by Gasteiger charge is 2.23. The summed E-state index contributed by atoms with van der Waals surface area (Å²) in [7, 11) is -3.33. The predicted octanol–water partition coefficient (Wildman–Crippen LogP) is -0.684. The molecule has 0 aromatic carbocycles. The van der Waals surface area contributed by atoms with Crippen LogP contribution in [0.5, 0.6) is 0 Å². The molecule has 0 spiro atoms. The number of unbranched alkanes of at least 4 members (excludes halogenated alkanes) is 2. The first-order valence-electron chi connectivity index (χ1n) is 5.60. The van der Waals surface area contributed by atoms with Gasteiger partial charge < -0.3 is 9.84 Å². The minimum atomic E-state index is -3.33. The molecule has 0 aromatic rings. The lowest BCUT2D eigenvalue weighted by Crippen LogP contribution is -2.46. The standard InChI is InChI=1S/C9H20N2O4S/c12-7-3-1-2-4-10-16(13,14)11-5-8-15-9-6-11/h10,12H,1-9H2. The lowest BCUT2D eigenvalue weighted by Gasteiger charge is -2.26. The van der Waals surface area contributed by atoms with Crippen LogP contribution in [0.3, 0.4) is 0 Å². The van der Waals surface area contributed by atoms with E-state index in [1.807, 2.05) is 0 Å². The molecule has 0 unspecified atom stereocenters. The van der Waals surface area contributed by atoms with Gasteiger partial charge in [0.15, 0.2) is 0 Å². The summed E-state index contributed by atoms with van der Waals surface area (Å²) in [6, 6.07) is 0. The summed E-state index contributed by atoms with van der Waals surface area (Å²) in [5.74, 6) is 0. The van der Waals surface area contributed by atoms with E-state index >= 15 is 0 Å². The minimum Gasteiger partial charge on any atom is -0.396 e. The molecular formula is C9H20N2O4S. The van der Waals surface area contributed by atoms with E-state index in [1.54, 1.807) is 0 Å². The Bertz CT molecular complexity index is 275. The number of ether oxygens (including phenoxy) is 1. The molecule has 1 rings (SSSR count). The number of aliphatic hydroxyl groups excluding tert-OH is 1. The van der Waals surface area contributed by atoms with Crippen molar-refractivity contribution in [2.24, 2.45) is 0 Å². The zero-order valence-corrected chi connectivity index (χ0v) is 10.2. The number of aliphatic hydroxyl groups is 1. The highest BCUT2D eigenvalue weighted by molar-refractivity contribution is 7.87. The van der Waals surface area contributed by atoms with Crippen molar-refractivity contribution in [3.8, 4) is 0 Å². The van der Waals surface area contributed by atoms with Crippen molar-refractivity contribution in [2.75, 3.05) is 39.5 Å². The van der Waals surface area contributed by atoms with Crippen LogP contribution in [0.15, 0.2) is 0 Å². The Morgan fingerprint density at radius 3 is 2.50 bits per heavy atom. The largest absolute Gasteiger partial charge is 0.396 e. The van der Waals surface area contributed by atoms with Crippen molar-refractivity contribution in [1.82, 2.24) is 9.03 Å². The molecule has 16 heavy (non-hydrogen) atoms. The number of morpholine rings is 1. The Labute approximate surface area is 96.8 Å². The van der Waals surface area contributed by atoms with Crippen molar-refractivity contribution in [3.05, 3.63) is 0 Å². The molecule has 0 amide bonds. The molecule has 0 aromatic heterocycles. The molecule has 7 heteroatoms. The van der Waals surface area contributed by atoms with Gasteiger partial charge in [-0.15, -0.1) is 0 Å². The Kier molecular flexibility index (Phi) is 6.22. The summed E-state index contributed by atoms with van der Waals surface area (Å²) in [5, 5.41) is 8.57. The van der Waals surface area contributed by atoms with Crippen molar-refractivity contribution < 1.29 is 18.3 Å². The molecule has 0 radical (unpaired) electrons. The van der Waals surface area contributed by atoms with Crippen LogP contribution in [0.1, 0.15) is 19.3 Å². The Morgan fingerprint density at radius 2 is 1.88 bits per heavy atom. The molecule has 1 saturated heterocycles. The van der Waals surface area contributed by atoms with E-state index in [9.17, 15) is 8.42 Å². The van der Waals surface area contributed by atoms with Gasteiger partial charge in [0.2, 0.25) is 0 Å². The molecule has 0 saturated carbocycles. The van der Waals surface area contributed by atoms with Crippen molar-refractivity contribution >= 4 is 10.2 Å². The van der Waals surface area contributed by atoms with Gasteiger partial charge in [0.05, 0.1) is 13.2 Å². The fraction of sp³-hybridized carbons (Fsp3) is 1.00. The van der Waals surface area contributed by atoms with Crippen LogP contribution in [0.2, 0.25) is 0 Å². The van der Waals surface area contributed by atoms with E-state index in [4.69, 9.17) is 9.84 Å². The number of rotatable bonds is 7. The molecule has 0 bridgehead atoms. The molecular weight excluding hydrogens is 232 g/mol. The normalized spacial score (nSPS) is 18.8. The zero-order chi connectivity index (χ0) is 11.9. The first kappa shape index (κ1) is 13.9. The summed E-state index contributed by atoms with van der Waals surface area (Å²) in [5.41, 5.74) is 0. The fourth-order valence-electron chi connectivity index (χ4n) is 1.49. The summed E-state index contributed by atoms with van der Waals surface area (Å²) in [4.78, 5) is 0. The van der Waals surface area contributed by atoms with Gasteiger partial charge in [-0.1, -0.05) is 0 Å². The van der Waals surface area contributed by atoms with Gasteiger partial charge in [-0.3, -0.25) is 0 Å². The van der Waals surface area contributed by atoms with Gasteiger partial charge in [-0.25, -0.2) is 4.72 Å². The Hall–Kier alpha value is -0.210. The summed E-state index contributed by atoms with van der Waals surface area (Å²) >= 11 is 0. The first-order chi connectivity index (χ1) is 7.67. The molecule has 0 atom stereocenters. The molecule has 2 N–H and O–H groups in total. The maximum atomic E-state index is 11.7. The van der Waals surface area contributed by atoms with Crippen molar-refractivity contribution in [1.29, 1.82) is 0 Å². The fourth-order valence-corrected chi connectivity index (χ4v) is 2.71. The zero-order valence-electron chi connectivity index (χ0n) is 9.39. The Morgan fingerprint density at radius 1 is 1.19 bits per heavy atom. The van der Waals surface area contributed by atoms with E-state index < -0.39 is 10.2 Å². The number of hydrogen-bond donors (Lipinski definition) is 2. The second-order valence-corrected chi connectivity index (χ2v) is 5.45. The highest BCUT2D eigenvalue weighted by atomic mass is 32.2. The SMILES string of the molecule is O=S(=O)(NCCCCCO)N1CCOCC1. The summed E-state index contributed by atoms with van der Waals surface area (Å²) in [6.45, 7) is 2.37. The molecule has 1 aliphatic rings. The van der Waals surface area contributed by atoms with Gasteiger partial charge >= 0.3 is 0 Å². The quantitative estimate of drug-likeness (QED) is 0.588. The molecule has 1 fully saturated rings. The van der Waals surface area contributed by atoms with Crippen LogP contribution in [-0.2, 0) is 14.9 Å². The van der Waals surface area contributed by atoms with E-state index in [-0.39, 0.29) is 6.61 Å².